The van der Waals surface area contributed by atoms with Crippen molar-refractivity contribution >= 4 is 39.1 Å². The molecule has 0 bridgehead atoms. The SMILES string of the molecule is CCCCN1C(=S)SC(C)(C)C1n1oc(=O)n(-c2cccc3ccccc23)c1=O. The first-order chi connectivity index (χ1) is 13.8. The van der Waals surface area contributed by atoms with Gasteiger partial charge in [-0.3, -0.25) is 0 Å². The summed E-state index contributed by atoms with van der Waals surface area (Å²) in [5.74, 6) is -0.694. The number of unbranched alkanes of at least 4 members (excludes halogenated alkanes) is 1. The predicted molar refractivity (Wildman–Crippen MR) is 121 cm³/mol. The fourth-order valence-electron chi connectivity index (χ4n) is 3.86. The van der Waals surface area contributed by atoms with E-state index in [1.165, 1.54) is 16.5 Å². The molecular weight excluding hydrogens is 406 g/mol. The van der Waals surface area contributed by atoms with Crippen LogP contribution in [0.15, 0.2) is 56.6 Å². The van der Waals surface area contributed by atoms with E-state index in [-0.39, 0.29) is 0 Å². The standard InChI is InChI=1S/C21H23N3O3S2/c1-4-5-13-22-17(21(2,3)29-20(22)28)24-18(25)23(19(26)27-24)16-12-8-10-14-9-6-7-11-15(14)16/h6-12,17H,4-5,13H2,1-3H3. The van der Waals surface area contributed by atoms with E-state index in [2.05, 4.69) is 6.92 Å². The van der Waals surface area contributed by atoms with Crippen LogP contribution in [-0.2, 0) is 0 Å². The molecule has 1 saturated heterocycles. The summed E-state index contributed by atoms with van der Waals surface area (Å²) in [5, 5.41) is 1.77. The molecule has 2 aromatic carbocycles. The number of nitrogens with zero attached hydrogens (tertiary/aromatic N) is 3. The van der Waals surface area contributed by atoms with E-state index in [0.29, 0.717) is 12.2 Å². The lowest BCUT2D eigenvalue weighted by Crippen LogP contribution is -2.42. The number of rotatable bonds is 5. The molecule has 0 aliphatic carbocycles. The lowest BCUT2D eigenvalue weighted by molar-refractivity contribution is 0.0897. The van der Waals surface area contributed by atoms with Crippen LogP contribution in [0.3, 0.4) is 0 Å². The predicted octanol–water partition coefficient (Wildman–Crippen LogP) is 4.16. The maximum atomic E-state index is 13.4. The summed E-state index contributed by atoms with van der Waals surface area (Å²) in [6.45, 7) is 6.85. The molecule has 1 atom stereocenters. The van der Waals surface area contributed by atoms with E-state index in [9.17, 15) is 9.59 Å². The molecule has 6 nitrogen and oxygen atoms in total. The van der Waals surface area contributed by atoms with Crippen LogP contribution in [0, 0.1) is 0 Å². The molecule has 29 heavy (non-hydrogen) atoms. The summed E-state index contributed by atoms with van der Waals surface area (Å²) in [7, 11) is 0. The molecule has 1 fully saturated rings. The summed E-state index contributed by atoms with van der Waals surface area (Å²) in [4.78, 5) is 28.2. The Morgan fingerprint density at radius 3 is 2.62 bits per heavy atom. The Hall–Kier alpha value is -2.32. The average Bonchev–Trinajstić information content (AvgIpc) is 3.09. The number of benzene rings is 2. The van der Waals surface area contributed by atoms with Gasteiger partial charge in [-0.25, -0.2) is 9.59 Å². The molecule has 0 N–H and O–H groups in total. The van der Waals surface area contributed by atoms with Gasteiger partial charge in [0.25, 0.3) is 0 Å². The van der Waals surface area contributed by atoms with Crippen LogP contribution in [0.25, 0.3) is 16.5 Å². The van der Waals surface area contributed by atoms with Crippen molar-refractivity contribution in [2.45, 2.75) is 44.5 Å². The first-order valence-corrected chi connectivity index (χ1v) is 10.9. The Labute approximate surface area is 178 Å². The Balaban J connectivity index is 1.88. The lowest BCUT2D eigenvalue weighted by atomic mass is 10.1. The largest absolute Gasteiger partial charge is 0.447 e. The second-order valence-electron chi connectivity index (χ2n) is 7.69. The molecule has 4 rings (SSSR count). The van der Waals surface area contributed by atoms with Crippen LogP contribution >= 0.6 is 24.0 Å². The zero-order chi connectivity index (χ0) is 20.8. The zero-order valence-corrected chi connectivity index (χ0v) is 18.3. The van der Waals surface area contributed by atoms with E-state index >= 15 is 0 Å². The molecule has 1 aromatic heterocycles. The molecule has 152 valence electrons. The van der Waals surface area contributed by atoms with Crippen molar-refractivity contribution in [2.24, 2.45) is 0 Å². The second-order valence-corrected chi connectivity index (χ2v) is 9.98. The number of thiocarbonyl (C=S) groups is 1. The maximum absolute atomic E-state index is 13.4. The third kappa shape index (κ3) is 3.34. The summed E-state index contributed by atoms with van der Waals surface area (Å²) in [6.07, 6.45) is 1.49. The number of fused-ring (bicyclic) bond motifs is 1. The molecule has 2 heterocycles. The van der Waals surface area contributed by atoms with Crippen LogP contribution in [0.4, 0.5) is 0 Å². The molecule has 0 radical (unpaired) electrons. The molecule has 1 aliphatic rings. The van der Waals surface area contributed by atoms with Gasteiger partial charge in [0.2, 0.25) is 0 Å². The second kappa shape index (κ2) is 7.50. The first kappa shape index (κ1) is 20.0. The lowest BCUT2D eigenvalue weighted by Gasteiger charge is -2.30. The minimum atomic E-state index is -0.694. The maximum Gasteiger partial charge on any atom is 0.447 e. The first-order valence-electron chi connectivity index (χ1n) is 9.68. The fraction of sp³-hybridized carbons (Fsp3) is 0.381. The summed E-state index contributed by atoms with van der Waals surface area (Å²) < 4.78 is 8.15. The van der Waals surface area contributed by atoms with Crippen molar-refractivity contribution in [3.05, 3.63) is 63.5 Å². The van der Waals surface area contributed by atoms with Gasteiger partial charge in [0.15, 0.2) is 6.17 Å². The Bertz CT molecular complexity index is 1190. The molecule has 8 heteroatoms. The van der Waals surface area contributed by atoms with Crippen molar-refractivity contribution in [1.29, 1.82) is 0 Å². The van der Waals surface area contributed by atoms with Crippen molar-refractivity contribution < 1.29 is 4.52 Å². The third-order valence-corrected chi connectivity index (χ3v) is 6.85. The monoisotopic (exact) mass is 429 g/mol. The number of hydrogen-bond donors (Lipinski definition) is 0. The number of hydrogen-bond acceptors (Lipinski definition) is 5. The van der Waals surface area contributed by atoms with E-state index in [4.69, 9.17) is 16.7 Å². The molecule has 1 unspecified atom stereocenters. The normalized spacial score (nSPS) is 18.7. The van der Waals surface area contributed by atoms with Gasteiger partial charge in [-0.2, -0.15) is 4.57 Å². The van der Waals surface area contributed by atoms with E-state index in [1.54, 1.807) is 6.07 Å². The fourth-order valence-corrected chi connectivity index (χ4v) is 5.78. The summed E-state index contributed by atoms with van der Waals surface area (Å²) in [5.41, 5.74) is 0.0305. The smallest absolute Gasteiger partial charge is 0.333 e. The highest BCUT2D eigenvalue weighted by atomic mass is 32.2. The highest BCUT2D eigenvalue weighted by molar-refractivity contribution is 8.24. The van der Waals surface area contributed by atoms with Gasteiger partial charge in [0.05, 0.1) is 10.4 Å². The Morgan fingerprint density at radius 2 is 1.86 bits per heavy atom. The molecule has 3 aromatic rings. The van der Waals surface area contributed by atoms with Gasteiger partial charge < -0.3 is 9.42 Å². The summed E-state index contributed by atoms with van der Waals surface area (Å²) in [6, 6.07) is 13.2. The molecule has 0 spiro atoms. The van der Waals surface area contributed by atoms with E-state index in [0.717, 1.165) is 32.5 Å². The quantitative estimate of drug-likeness (QED) is 0.568. The average molecular weight is 430 g/mol. The van der Waals surface area contributed by atoms with Crippen LogP contribution in [-0.4, -0.2) is 29.8 Å². The van der Waals surface area contributed by atoms with Gasteiger partial charge in [-0.05, 0) is 31.7 Å². The van der Waals surface area contributed by atoms with Crippen LogP contribution in [0.5, 0.6) is 0 Å². The third-order valence-electron chi connectivity index (χ3n) is 5.22. The molecular formula is C21H23N3O3S2. The van der Waals surface area contributed by atoms with Crippen LogP contribution in [0.2, 0.25) is 0 Å². The van der Waals surface area contributed by atoms with Gasteiger partial charge in [0, 0.05) is 11.9 Å². The van der Waals surface area contributed by atoms with Crippen molar-refractivity contribution in [1.82, 2.24) is 14.2 Å². The Morgan fingerprint density at radius 1 is 1.14 bits per heavy atom. The molecule has 0 saturated carbocycles. The highest BCUT2D eigenvalue weighted by Crippen LogP contribution is 2.46. The van der Waals surface area contributed by atoms with Crippen LogP contribution in [0.1, 0.15) is 39.8 Å². The number of aromatic nitrogens is 2. The van der Waals surface area contributed by atoms with Crippen molar-refractivity contribution in [3.63, 3.8) is 0 Å². The molecule has 1 aliphatic heterocycles. The topological polar surface area (TPSA) is 60.4 Å². The molecule has 0 amide bonds. The Kier molecular flexibility index (Phi) is 5.16. The van der Waals surface area contributed by atoms with Gasteiger partial charge >= 0.3 is 11.4 Å². The van der Waals surface area contributed by atoms with Crippen molar-refractivity contribution in [3.8, 4) is 5.69 Å². The highest BCUT2D eigenvalue weighted by Gasteiger charge is 2.48. The van der Waals surface area contributed by atoms with Gasteiger partial charge in [-0.15, -0.1) is 4.74 Å². The number of thioether (sulfide) groups is 1. The summed E-state index contributed by atoms with van der Waals surface area (Å²) >= 11 is 7.10. The van der Waals surface area contributed by atoms with Crippen molar-refractivity contribution in [2.75, 3.05) is 6.54 Å². The minimum absolute atomic E-state index is 0.407. The minimum Gasteiger partial charge on any atom is -0.333 e. The van der Waals surface area contributed by atoms with Crippen LogP contribution < -0.4 is 11.4 Å². The van der Waals surface area contributed by atoms with Gasteiger partial charge in [-0.1, -0.05) is 73.7 Å². The van der Waals surface area contributed by atoms with Gasteiger partial charge in [0.1, 0.15) is 4.32 Å². The van der Waals surface area contributed by atoms with E-state index in [1.807, 2.05) is 55.1 Å². The van der Waals surface area contributed by atoms with E-state index < -0.39 is 22.4 Å². The zero-order valence-electron chi connectivity index (χ0n) is 16.6.